The largest absolute Gasteiger partial charge is 0.396 e. The van der Waals surface area contributed by atoms with Crippen LogP contribution in [0.3, 0.4) is 0 Å². The number of nitrogen functional groups attached to an aromatic ring is 1. The molecule has 17 heavy (non-hydrogen) atoms. The van der Waals surface area contributed by atoms with Crippen molar-refractivity contribution >= 4 is 28.7 Å². The molecule has 0 heterocycles. The summed E-state index contributed by atoms with van der Waals surface area (Å²) in [5, 5.41) is 3.13. The Bertz CT molecular complexity index is 558. The number of hydrogen-bond acceptors (Lipinski definition) is 2. The van der Waals surface area contributed by atoms with E-state index in [1.807, 2.05) is 0 Å². The van der Waals surface area contributed by atoms with E-state index >= 15 is 0 Å². The SMILES string of the molecule is Nc1c(Cl)cccc1Nc1ccc(F)cc1F. The summed E-state index contributed by atoms with van der Waals surface area (Å²) in [4.78, 5) is 0. The van der Waals surface area contributed by atoms with E-state index in [1.54, 1.807) is 18.2 Å². The van der Waals surface area contributed by atoms with Gasteiger partial charge in [-0.1, -0.05) is 17.7 Å². The Labute approximate surface area is 102 Å². The summed E-state index contributed by atoms with van der Waals surface area (Å²) in [6.07, 6.45) is 0. The monoisotopic (exact) mass is 254 g/mol. The number of nitrogens with one attached hydrogen (secondary N) is 1. The van der Waals surface area contributed by atoms with Gasteiger partial charge >= 0.3 is 0 Å². The maximum absolute atomic E-state index is 13.4. The summed E-state index contributed by atoms with van der Waals surface area (Å²) in [6, 6.07) is 8.22. The van der Waals surface area contributed by atoms with Crippen LogP contribution < -0.4 is 11.1 Å². The summed E-state index contributed by atoms with van der Waals surface area (Å²) in [7, 11) is 0. The molecule has 0 saturated heterocycles. The van der Waals surface area contributed by atoms with Gasteiger partial charge < -0.3 is 11.1 Å². The maximum Gasteiger partial charge on any atom is 0.149 e. The van der Waals surface area contributed by atoms with Crippen molar-refractivity contribution in [3.8, 4) is 0 Å². The highest BCUT2D eigenvalue weighted by molar-refractivity contribution is 6.33. The third kappa shape index (κ3) is 2.47. The average Bonchev–Trinajstić information content (AvgIpc) is 2.28. The van der Waals surface area contributed by atoms with Gasteiger partial charge in [-0.05, 0) is 24.3 Å². The molecule has 0 amide bonds. The van der Waals surface area contributed by atoms with Crippen LogP contribution in [-0.4, -0.2) is 0 Å². The maximum atomic E-state index is 13.4. The lowest BCUT2D eigenvalue weighted by Crippen LogP contribution is -1.99. The van der Waals surface area contributed by atoms with Crippen molar-refractivity contribution in [3.05, 3.63) is 53.1 Å². The number of anilines is 3. The number of nitrogens with two attached hydrogens (primary N) is 1. The second-order valence-electron chi connectivity index (χ2n) is 3.45. The zero-order chi connectivity index (χ0) is 12.4. The van der Waals surface area contributed by atoms with Crippen LogP contribution in [0.4, 0.5) is 25.8 Å². The highest BCUT2D eigenvalue weighted by atomic mass is 35.5. The number of rotatable bonds is 2. The Morgan fingerprint density at radius 3 is 2.53 bits per heavy atom. The molecule has 0 atom stereocenters. The minimum absolute atomic E-state index is 0.139. The molecule has 0 saturated carbocycles. The van der Waals surface area contributed by atoms with Gasteiger partial charge in [0.2, 0.25) is 0 Å². The predicted molar refractivity (Wildman–Crippen MR) is 65.5 cm³/mol. The van der Waals surface area contributed by atoms with Crippen molar-refractivity contribution in [1.82, 2.24) is 0 Å². The molecule has 0 aliphatic carbocycles. The highest BCUT2D eigenvalue weighted by Crippen LogP contribution is 2.30. The lowest BCUT2D eigenvalue weighted by molar-refractivity contribution is 0.586. The molecular weight excluding hydrogens is 246 g/mol. The van der Waals surface area contributed by atoms with Crippen LogP contribution in [0.5, 0.6) is 0 Å². The molecule has 2 nitrogen and oxygen atoms in total. The molecule has 0 unspecified atom stereocenters. The molecule has 0 aliphatic heterocycles. The summed E-state index contributed by atoms with van der Waals surface area (Å²) < 4.78 is 26.1. The zero-order valence-electron chi connectivity index (χ0n) is 8.68. The normalized spacial score (nSPS) is 10.3. The Morgan fingerprint density at radius 2 is 1.82 bits per heavy atom. The van der Waals surface area contributed by atoms with Crippen molar-refractivity contribution in [2.75, 3.05) is 11.1 Å². The lowest BCUT2D eigenvalue weighted by atomic mass is 10.2. The van der Waals surface area contributed by atoms with E-state index in [0.29, 0.717) is 16.4 Å². The summed E-state index contributed by atoms with van der Waals surface area (Å²) in [5.74, 6) is -1.32. The topological polar surface area (TPSA) is 38.0 Å². The van der Waals surface area contributed by atoms with E-state index in [4.69, 9.17) is 17.3 Å². The fourth-order valence-electron chi connectivity index (χ4n) is 1.38. The Hall–Kier alpha value is -1.81. The van der Waals surface area contributed by atoms with Gasteiger partial charge in [-0.2, -0.15) is 0 Å². The Morgan fingerprint density at radius 1 is 1.06 bits per heavy atom. The fraction of sp³-hybridized carbons (Fsp3) is 0. The van der Waals surface area contributed by atoms with E-state index in [-0.39, 0.29) is 5.69 Å². The molecule has 2 aromatic carbocycles. The molecule has 0 fully saturated rings. The summed E-state index contributed by atoms with van der Waals surface area (Å²) in [6.45, 7) is 0. The van der Waals surface area contributed by atoms with E-state index in [1.165, 1.54) is 6.07 Å². The molecule has 0 aliphatic rings. The van der Waals surface area contributed by atoms with Crippen molar-refractivity contribution in [2.45, 2.75) is 0 Å². The molecule has 2 aromatic rings. The fourth-order valence-corrected chi connectivity index (χ4v) is 1.56. The van der Waals surface area contributed by atoms with Gasteiger partial charge in [0.15, 0.2) is 0 Å². The molecule has 2 rings (SSSR count). The van der Waals surface area contributed by atoms with Crippen molar-refractivity contribution < 1.29 is 8.78 Å². The average molecular weight is 255 g/mol. The first-order chi connectivity index (χ1) is 8.08. The molecule has 0 aromatic heterocycles. The molecule has 88 valence electrons. The second-order valence-corrected chi connectivity index (χ2v) is 3.86. The summed E-state index contributed by atoms with van der Waals surface area (Å²) >= 11 is 5.83. The van der Waals surface area contributed by atoms with Crippen molar-refractivity contribution in [1.29, 1.82) is 0 Å². The van der Waals surface area contributed by atoms with Crippen molar-refractivity contribution in [2.24, 2.45) is 0 Å². The quantitative estimate of drug-likeness (QED) is 0.797. The van der Waals surface area contributed by atoms with Crippen LogP contribution in [0.15, 0.2) is 36.4 Å². The van der Waals surface area contributed by atoms with E-state index < -0.39 is 11.6 Å². The Kier molecular flexibility index (Phi) is 3.15. The first kappa shape index (κ1) is 11.7. The smallest absolute Gasteiger partial charge is 0.149 e. The molecule has 0 bridgehead atoms. The second kappa shape index (κ2) is 4.59. The van der Waals surface area contributed by atoms with Crippen molar-refractivity contribution in [3.63, 3.8) is 0 Å². The molecule has 0 radical (unpaired) electrons. The molecular formula is C12H9ClF2N2. The standard InChI is InChI=1S/C12H9ClF2N2/c13-8-2-1-3-11(12(8)16)17-10-5-4-7(14)6-9(10)15/h1-6,17H,16H2. The van der Waals surface area contributed by atoms with E-state index in [0.717, 1.165) is 12.1 Å². The first-order valence-electron chi connectivity index (χ1n) is 4.84. The zero-order valence-corrected chi connectivity index (χ0v) is 9.43. The summed E-state index contributed by atoms with van der Waals surface area (Å²) in [5.41, 5.74) is 6.65. The number of benzene rings is 2. The number of para-hydroxylation sites is 1. The van der Waals surface area contributed by atoms with Gasteiger partial charge in [0.1, 0.15) is 11.6 Å². The third-order valence-electron chi connectivity index (χ3n) is 2.25. The van der Waals surface area contributed by atoms with Gasteiger partial charge in [0.25, 0.3) is 0 Å². The van der Waals surface area contributed by atoms with Gasteiger partial charge in [0.05, 0.1) is 22.1 Å². The van der Waals surface area contributed by atoms with Gasteiger partial charge in [-0.25, -0.2) is 8.78 Å². The first-order valence-corrected chi connectivity index (χ1v) is 5.22. The van der Waals surface area contributed by atoms with Crippen LogP contribution in [0, 0.1) is 11.6 Å². The minimum atomic E-state index is -0.690. The highest BCUT2D eigenvalue weighted by Gasteiger charge is 2.07. The van der Waals surface area contributed by atoms with Gasteiger partial charge in [0, 0.05) is 6.07 Å². The third-order valence-corrected chi connectivity index (χ3v) is 2.58. The molecule has 5 heteroatoms. The lowest BCUT2D eigenvalue weighted by Gasteiger charge is -2.10. The predicted octanol–water partition coefficient (Wildman–Crippen LogP) is 3.94. The van der Waals surface area contributed by atoms with Crippen LogP contribution in [0.25, 0.3) is 0 Å². The van der Waals surface area contributed by atoms with Crippen LogP contribution in [-0.2, 0) is 0 Å². The number of hydrogen-bond donors (Lipinski definition) is 2. The van der Waals surface area contributed by atoms with Gasteiger partial charge in [-0.3, -0.25) is 0 Å². The number of halogens is 3. The molecule has 3 N–H and O–H groups in total. The van der Waals surface area contributed by atoms with Crippen LogP contribution in [0.2, 0.25) is 5.02 Å². The molecule has 0 spiro atoms. The van der Waals surface area contributed by atoms with Crippen LogP contribution >= 0.6 is 11.6 Å². The van der Waals surface area contributed by atoms with E-state index in [9.17, 15) is 8.78 Å². The van der Waals surface area contributed by atoms with Gasteiger partial charge in [-0.15, -0.1) is 0 Å². The van der Waals surface area contributed by atoms with Crippen LogP contribution in [0.1, 0.15) is 0 Å². The minimum Gasteiger partial charge on any atom is -0.396 e. The van der Waals surface area contributed by atoms with E-state index in [2.05, 4.69) is 5.32 Å². The Balaban J connectivity index is 2.35.